The molecule has 0 atom stereocenters. The van der Waals surface area contributed by atoms with Crippen LogP contribution in [0.4, 0.5) is 10.1 Å². The first-order chi connectivity index (χ1) is 9.50. The minimum Gasteiger partial charge on any atom is -0.480 e. The minimum atomic E-state index is -1.12. The van der Waals surface area contributed by atoms with Gasteiger partial charge < -0.3 is 10.4 Å². The molecule has 2 rings (SSSR count). The first-order valence-corrected chi connectivity index (χ1v) is 7.19. The van der Waals surface area contributed by atoms with Gasteiger partial charge in [-0.05, 0) is 40.9 Å². The van der Waals surface area contributed by atoms with Crippen LogP contribution in [0.2, 0.25) is 0 Å². The Kier molecular flexibility index (Phi) is 4.29. The summed E-state index contributed by atoms with van der Waals surface area (Å²) in [5, 5.41) is 21.1. The molecular weight excluding hydrogens is 327 g/mol. The molecule has 0 aliphatic heterocycles. The van der Waals surface area contributed by atoms with Gasteiger partial charge in [-0.25, -0.2) is 9.18 Å². The number of nitrogens with one attached hydrogen (secondary N) is 1. The first-order valence-electron chi connectivity index (χ1n) is 6.40. The van der Waals surface area contributed by atoms with Crippen LogP contribution in [0.25, 0.3) is 0 Å². The molecule has 1 aromatic rings. The monoisotopic (exact) mass is 340 g/mol. The number of anilines is 1. The molecular formula is C14H14BrFN2O2. The summed E-state index contributed by atoms with van der Waals surface area (Å²) < 4.78 is 14.2. The standard InChI is InChI=1S/C14H14BrFN2O2/c15-11-9(8-17)4-5-10(12(11)16)18-14(13(19)20)6-2-1-3-7-14/h4-5,18H,1-3,6-7H2,(H,19,20). The summed E-state index contributed by atoms with van der Waals surface area (Å²) in [4.78, 5) is 11.6. The molecule has 1 saturated carbocycles. The summed E-state index contributed by atoms with van der Waals surface area (Å²) in [6, 6.07) is 4.75. The largest absolute Gasteiger partial charge is 0.480 e. The van der Waals surface area contributed by atoms with Crippen molar-refractivity contribution < 1.29 is 14.3 Å². The van der Waals surface area contributed by atoms with Gasteiger partial charge in [-0.2, -0.15) is 5.26 Å². The lowest BCUT2D eigenvalue weighted by molar-refractivity contribution is -0.143. The zero-order valence-corrected chi connectivity index (χ0v) is 12.3. The van der Waals surface area contributed by atoms with Crippen LogP contribution < -0.4 is 5.32 Å². The van der Waals surface area contributed by atoms with Gasteiger partial charge in [-0.3, -0.25) is 0 Å². The molecule has 1 aromatic carbocycles. The SMILES string of the molecule is N#Cc1ccc(NC2(C(=O)O)CCCCC2)c(F)c1Br. The second kappa shape index (κ2) is 5.80. The number of halogens is 2. The van der Waals surface area contributed by atoms with Crippen LogP contribution in [0, 0.1) is 17.1 Å². The highest BCUT2D eigenvalue weighted by atomic mass is 79.9. The van der Waals surface area contributed by atoms with E-state index in [0.717, 1.165) is 19.3 Å². The second-order valence-corrected chi connectivity index (χ2v) is 5.77. The Morgan fingerprint density at radius 2 is 2.05 bits per heavy atom. The number of benzene rings is 1. The van der Waals surface area contributed by atoms with Crippen LogP contribution in [-0.2, 0) is 4.79 Å². The minimum absolute atomic E-state index is 0.0568. The smallest absolute Gasteiger partial charge is 0.329 e. The molecule has 2 N–H and O–H groups in total. The van der Waals surface area contributed by atoms with Crippen molar-refractivity contribution in [3.63, 3.8) is 0 Å². The summed E-state index contributed by atoms with van der Waals surface area (Å²) in [5.74, 6) is -1.59. The van der Waals surface area contributed by atoms with Crippen molar-refractivity contribution in [1.29, 1.82) is 5.26 Å². The molecule has 1 aliphatic rings. The van der Waals surface area contributed by atoms with E-state index < -0.39 is 17.3 Å². The third-order valence-corrected chi connectivity index (χ3v) is 4.47. The normalized spacial score (nSPS) is 17.2. The molecule has 0 spiro atoms. The van der Waals surface area contributed by atoms with Crippen LogP contribution in [0.3, 0.4) is 0 Å². The molecule has 106 valence electrons. The van der Waals surface area contributed by atoms with Crippen molar-refractivity contribution in [3.05, 3.63) is 28.0 Å². The van der Waals surface area contributed by atoms with Crippen LogP contribution >= 0.6 is 15.9 Å². The number of carboxylic acids is 1. The van der Waals surface area contributed by atoms with Crippen LogP contribution in [0.5, 0.6) is 0 Å². The zero-order valence-electron chi connectivity index (χ0n) is 10.7. The number of rotatable bonds is 3. The van der Waals surface area contributed by atoms with Crippen molar-refractivity contribution in [2.24, 2.45) is 0 Å². The topological polar surface area (TPSA) is 73.1 Å². The van der Waals surface area contributed by atoms with E-state index in [9.17, 15) is 14.3 Å². The molecule has 0 unspecified atom stereocenters. The summed E-state index contributed by atoms with van der Waals surface area (Å²) in [5.41, 5.74) is -0.826. The quantitative estimate of drug-likeness (QED) is 0.880. The zero-order chi connectivity index (χ0) is 14.8. The van der Waals surface area contributed by atoms with E-state index in [1.807, 2.05) is 6.07 Å². The molecule has 4 nitrogen and oxygen atoms in total. The summed E-state index contributed by atoms with van der Waals surface area (Å²) in [6.07, 6.45) is 3.55. The van der Waals surface area contributed by atoms with Gasteiger partial charge in [0.05, 0.1) is 15.7 Å². The van der Waals surface area contributed by atoms with Crippen molar-refractivity contribution in [1.82, 2.24) is 0 Å². The molecule has 0 saturated heterocycles. The Morgan fingerprint density at radius 1 is 1.40 bits per heavy atom. The van der Waals surface area contributed by atoms with Crippen molar-refractivity contribution in [2.75, 3.05) is 5.32 Å². The van der Waals surface area contributed by atoms with Gasteiger partial charge in [0.2, 0.25) is 0 Å². The van der Waals surface area contributed by atoms with E-state index >= 15 is 0 Å². The molecule has 1 aliphatic carbocycles. The number of hydrogen-bond donors (Lipinski definition) is 2. The Morgan fingerprint density at radius 3 is 2.60 bits per heavy atom. The number of carbonyl (C=O) groups is 1. The number of nitrogens with zero attached hydrogens (tertiary/aromatic N) is 1. The maximum atomic E-state index is 14.2. The predicted molar refractivity (Wildman–Crippen MR) is 75.9 cm³/mol. The number of aliphatic carboxylic acids is 1. The van der Waals surface area contributed by atoms with E-state index in [1.54, 1.807) is 0 Å². The van der Waals surface area contributed by atoms with Crippen molar-refractivity contribution in [2.45, 2.75) is 37.6 Å². The fraction of sp³-hybridized carbons (Fsp3) is 0.429. The first kappa shape index (κ1) is 14.8. The summed E-state index contributed by atoms with van der Waals surface area (Å²) in [7, 11) is 0. The van der Waals surface area contributed by atoms with Gasteiger partial charge in [0.15, 0.2) is 5.82 Å². The van der Waals surface area contributed by atoms with Crippen LogP contribution in [-0.4, -0.2) is 16.6 Å². The predicted octanol–water partition coefficient (Wildman–Crippen LogP) is 3.66. The lowest BCUT2D eigenvalue weighted by atomic mass is 9.81. The van der Waals surface area contributed by atoms with E-state index in [1.165, 1.54) is 12.1 Å². The molecule has 0 aromatic heterocycles. The fourth-order valence-electron chi connectivity index (χ4n) is 2.54. The average Bonchev–Trinajstić information content (AvgIpc) is 2.45. The Labute approximate surface area is 124 Å². The highest BCUT2D eigenvalue weighted by molar-refractivity contribution is 9.10. The van der Waals surface area contributed by atoms with Crippen molar-refractivity contribution in [3.8, 4) is 6.07 Å². The molecule has 6 heteroatoms. The molecule has 20 heavy (non-hydrogen) atoms. The maximum Gasteiger partial charge on any atom is 0.329 e. The van der Waals surface area contributed by atoms with Crippen LogP contribution in [0.1, 0.15) is 37.7 Å². The highest BCUT2D eigenvalue weighted by Gasteiger charge is 2.40. The van der Waals surface area contributed by atoms with E-state index in [2.05, 4.69) is 21.2 Å². The summed E-state index contributed by atoms with van der Waals surface area (Å²) in [6.45, 7) is 0. The second-order valence-electron chi connectivity index (χ2n) is 4.97. The third-order valence-electron chi connectivity index (χ3n) is 3.69. The van der Waals surface area contributed by atoms with Gasteiger partial charge in [0, 0.05) is 0 Å². The van der Waals surface area contributed by atoms with Gasteiger partial charge in [0.25, 0.3) is 0 Å². The lowest BCUT2D eigenvalue weighted by Gasteiger charge is -2.35. The molecule has 0 radical (unpaired) electrons. The van der Waals surface area contributed by atoms with Gasteiger partial charge in [-0.1, -0.05) is 19.3 Å². The molecule has 0 heterocycles. The lowest BCUT2D eigenvalue weighted by Crippen LogP contribution is -2.48. The summed E-state index contributed by atoms with van der Waals surface area (Å²) >= 11 is 3.03. The van der Waals surface area contributed by atoms with Gasteiger partial charge >= 0.3 is 5.97 Å². The van der Waals surface area contributed by atoms with Gasteiger partial charge in [-0.15, -0.1) is 0 Å². The highest BCUT2D eigenvalue weighted by Crippen LogP contribution is 2.35. The Balaban J connectivity index is 2.35. The van der Waals surface area contributed by atoms with Gasteiger partial charge in [0.1, 0.15) is 11.6 Å². The average molecular weight is 341 g/mol. The molecule has 0 bridgehead atoms. The number of nitriles is 1. The number of hydrogen-bond acceptors (Lipinski definition) is 3. The Bertz CT molecular complexity index is 577. The van der Waals surface area contributed by atoms with Crippen molar-refractivity contribution >= 4 is 27.6 Å². The molecule has 0 amide bonds. The third kappa shape index (κ3) is 2.63. The van der Waals surface area contributed by atoms with E-state index in [-0.39, 0.29) is 15.7 Å². The maximum absolute atomic E-state index is 14.2. The molecule has 1 fully saturated rings. The number of carboxylic acid groups (broad SMARTS) is 1. The van der Waals surface area contributed by atoms with E-state index in [4.69, 9.17) is 5.26 Å². The fourth-order valence-corrected chi connectivity index (χ4v) is 2.97. The van der Waals surface area contributed by atoms with E-state index in [0.29, 0.717) is 12.8 Å². The van der Waals surface area contributed by atoms with Crippen LogP contribution in [0.15, 0.2) is 16.6 Å². The Hall–Kier alpha value is -1.61.